The van der Waals surface area contributed by atoms with Crippen LogP contribution in [0.1, 0.15) is 27.7 Å². The van der Waals surface area contributed by atoms with E-state index in [1.807, 2.05) is 24.3 Å². The van der Waals surface area contributed by atoms with Gasteiger partial charge < -0.3 is 9.47 Å². The molecule has 0 fully saturated rings. The number of fused-ring (bicyclic) bond motifs is 1. The maximum absolute atomic E-state index is 12.1. The molecular formula is C18H19Br2NO4. The first-order valence-corrected chi connectivity index (χ1v) is 9.18. The fraction of sp³-hybridized carbons (Fsp3) is 0.333. The number of carbonyl (C=O) groups excluding carboxylic acids is 2. The monoisotopic (exact) mass is 471 g/mol. The first kappa shape index (κ1) is 19.7. The molecule has 2 aromatic rings. The molecule has 5 nitrogen and oxygen atoms in total. The van der Waals surface area contributed by atoms with Crippen LogP contribution in [0.15, 0.2) is 36.4 Å². The summed E-state index contributed by atoms with van der Waals surface area (Å²) in [6.07, 6.45) is -0.545. The van der Waals surface area contributed by atoms with Gasteiger partial charge in [-0.3, -0.25) is 5.32 Å². The molecule has 134 valence electrons. The molecule has 1 amide bonds. The van der Waals surface area contributed by atoms with E-state index < -0.39 is 20.9 Å². The summed E-state index contributed by atoms with van der Waals surface area (Å²) < 4.78 is 9.76. The van der Waals surface area contributed by atoms with E-state index in [9.17, 15) is 9.59 Å². The standard InChI is InChI=1S/C18H19Br2NO4/c1-17(2,3)25-16(23)21-13-9-10-14(24-15(22)18(4,19)20)12-8-6-5-7-11(12)13/h5-10H,1-4H3,(H,21,23). The van der Waals surface area contributed by atoms with Crippen LogP contribution in [-0.2, 0) is 9.53 Å². The van der Waals surface area contributed by atoms with Gasteiger partial charge in [0.25, 0.3) is 0 Å². The van der Waals surface area contributed by atoms with Crippen molar-refractivity contribution in [3.63, 3.8) is 0 Å². The van der Waals surface area contributed by atoms with Crippen LogP contribution in [0.4, 0.5) is 10.5 Å². The summed E-state index contributed by atoms with van der Waals surface area (Å²) in [6, 6.07) is 10.6. The Bertz CT molecular complexity index is 807. The SMILES string of the molecule is CC(C)(C)OC(=O)Nc1ccc(OC(=O)C(C)(Br)Br)c2ccccc12. The molecule has 0 bridgehead atoms. The highest BCUT2D eigenvalue weighted by atomic mass is 79.9. The molecule has 7 heteroatoms. The summed E-state index contributed by atoms with van der Waals surface area (Å²) in [5.74, 6) is -0.0778. The van der Waals surface area contributed by atoms with Crippen LogP contribution in [0, 0.1) is 0 Å². The number of ether oxygens (including phenoxy) is 2. The molecular weight excluding hydrogens is 454 g/mol. The van der Waals surface area contributed by atoms with Gasteiger partial charge in [-0.1, -0.05) is 56.1 Å². The first-order valence-electron chi connectivity index (χ1n) is 7.59. The Hall–Kier alpha value is -1.60. The van der Waals surface area contributed by atoms with Gasteiger partial charge in [-0.05, 0) is 39.8 Å². The zero-order valence-corrected chi connectivity index (χ0v) is 17.5. The molecule has 0 unspecified atom stereocenters. The Labute approximate surface area is 163 Å². The van der Waals surface area contributed by atoms with E-state index in [1.54, 1.807) is 39.8 Å². The van der Waals surface area contributed by atoms with Gasteiger partial charge in [0.05, 0.1) is 5.69 Å². The second kappa shape index (κ2) is 7.33. The number of hydrogen-bond acceptors (Lipinski definition) is 4. The molecule has 0 aliphatic carbocycles. The van der Waals surface area contributed by atoms with Gasteiger partial charge in [0.15, 0.2) is 3.23 Å². The third kappa shape index (κ3) is 5.44. The molecule has 2 rings (SSSR count). The van der Waals surface area contributed by atoms with Crippen molar-refractivity contribution in [1.82, 2.24) is 0 Å². The van der Waals surface area contributed by atoms with E-state index >= 15 is 0 Å². The van der Waals surface area contributed by atoms with Crippen molar-refractivity contribution in [2.24, 2.45) is 0 Å². The highest BCUT2D eigenvalue weighted by molar-refractivity contribution is 9.25. The molecule has 0 saturated heterocycles. The number of alkyl halides is 2. The van der Waals surface area contributed by atoms with Crippen molar-refractivity contribution >= 4 is 60.4 Å². The quantitative estimate of drug-likeness (QED) is 0.358. The van der Waals surface area contributed by atoms with Crippen LogP contribution in [-0.4, -0.2) is 20.9 Å². The van der Waals surface area contributed by atoms with Gasteiger partial charge in [-0.2, -0.15) is 0 Å². The maximum Gasteiger partial charge on any atom is 0.412 e. The van der Waals surface area contributed by atoms with Crippen molar-refractivity contribution in [3.8, 4) is 5.75 Å². The van der Waals surface area contributed by atoms with Crippen LogP contribution in [0.5, 0.6) is 5.75 Å². The van der Waals surface area contributed by atoms with Crippen LogP contribution in [0.3, 0.4) is 0 Å². The van der Waals surface area contributed by atoms with Gasteiger partial charge in [0, 0.05) is 10.8 Å². The summed E-state index contributed by atoms with van der Waals surface area (Å²) in [7, 11) is 0. The summed E-state index contributed by atoms with van der Waals surface area (Å²) in [4.78, 5) is 24.1. The highest BCUT2D eigenvalue weighted by Gasteiger charge is 2.29. The fourth-order valence-corrected chi connectivity index (χ4v) is 2.23. The van der Waals surface area contributed by atoms with Crippen molar-refractivity contribution in [2.45, 2.75) is 36.5 Å². The van der Waals surface area contributed by atoms with E-state index in [-0.39, 0.29) is 0 Å². The molecule has 0 heterocycles. The highest BCUT2D eigenvalue weighted by Crippen LogP contribution is 2.34. The normalized spacial score (nSPS) is 11.9. The third-order valence-electron chi connectivity index (χ3n) is 3.08. The van der Waals surface area contributed by atoms with Gasteiger partial charge in [-0.25, -0.2) is 9.59 Å². The zero-order chi connectivity index (χ0) is 18.8. The Morgan fingerprint density at radius 1 is 0.960 bits per heavy atom. The average Bonchev–Trinajstić information content (AvgIpc) is 2.46. The second-order valence-corrected chi connectivity index (χ2v) is 10.8. The number of esters is 1. The Morgan fingerprint density at radius 3 is 2.12 bits per heavy atom. The van der Waals surface area contributed by atoms with Crippen LogP contribution < -0.4 is 10.1 Å². The number of halogens is 2. The minimum Gasteiger partial charge on any atom is -0.444 e. The number of nitrogens with one attached hydrogen (secondary N) is 1. The molecule has 25 heavy (non-hydrogen) atoms. The van der Waals surface area contributed by atoms with Gasteiger partial charge in [0.2, 0.25) is 0 Å². The largest absolute Gasteiger partial charge is 0.444 e. The zero-order valence-electron chi connectivity index (χ0n) is 14.4. The molecule has 0 aliphatic rings. The number of benzene rings is 2. The minimum absolute atomic E-state index is 0.403. The lowest BCUT2D eigenvalue weighted by Gasteiger charge is -2.20. The molecule has 0 saturated carbocycles. The minimum atomic E-state index is -0.978. The maximum atomic E-state index is 12.1. The van der Waals surface area contributed by atoms with E-state index in [1.165, 1.54) is 0 Å². The predicted molar refractivity (Wildman–Crippen MR) is 106 cm³/mol. The topological polar surface area (TPSA) is 64.6 Å². The summed E-state index contributed by atoms with van der Waals surface area (Å²) in [6.45, 7) is 7.02. The van der Waals surface area contributed by atoms with E-state index in [0.717, 1.165) is 5.39 Å². The molecule has 0 atom stereocenters. The number of anilines is 1. The van der Waals surface area contributed by atoms with E-state index in [0.29, 0.717) is 16.8 Å². The first-order chi connectivity index (χ1) is 11.5. The average molecular weight is 473 g/mol. The van der Waals surface area contributed by atoms with Gasteiger partial charge in [-0.15, -0.1) is 0 Å². The lowest BCUT2D eigenvalue weighted by Crippen LogP contribution is -2.27. The molecule has 0 spiro atoms. The summed E-state index contributed by atoms with van der Waals surface area (Å²) in [5.41, 5.74) is -0.0175. The fourth-order valence-electron chi connectivity index (χ4n) is 2.07. The Balaban J connectivity index is 2.35. The molecule has 2 aromatic carbocycles. The van der Waals surface area contributed by atoms with Crippen LogP contribution >= 0.6 is 31.9 Å². The summed E-state index contributed by atoms with van der Waals surface area (Å²) in [5, 5.41) is 4.17. The Kier molecular flexibility index (Phi) is 5.79. The van der Waals surface area contributed by atoms with Crippen LogP contribution in [0.25, 0.3) is 10.8 Å². The number of rotatable bonds is 3. The summed E-state index contributed by atoms with van der Waals surface area (Å²) >= 11 is 6.42. The lowest BCUT2D eigenvalue weighted by molar-refractivity contribution is -0.133. The smallest absolute Gasteiger partial charge is 0.412 e. The number of amides is 1. The van der Waals surface area contributed by atoms with E-state index in [2.05, 4.69) is 37.2 Å². The van der Waals surface area contributed by atoms with Gasteiger partial charge >= 0.3 is 12.1 Å². The molecule has 1 N–H and O–H groups in total. The van der Waals surface area contributed by atoms with Crippen LogP contribution in [0.2, 0.25) is 0 Å². The molecule has 0 aliphatic heterocycles. The second-order valence-electron chi connectivity index (χ2n) is 6.56. The third-order valence-corrected chi connectivity index (χ3v) is 3.73. The van der Waals surface area contributed by atoms with Crippen molar-refractivity contribution in [2.75, 3.05) is 5.32 Å². The predicted octanol–water partition coefficient (Wildman–Crippen LogP) is 5.60. The Morgan fingerprint density at radius 2 is 1.56 bits per heavy atom. The van der Waals surface area contributed by atoms with Gasteiger partial charge in [0.1, 0.15) is 11.4 Å². The number of carbonyl (C=O) groups is 2. The van der Waals surface area contributed by atoms with Crippen molar-refractivity contribution in [3.05, 3.63) is 36.4 Å². The molecule has 0 aromatic heterocycles. The lowest BCUT2D eigenvalue weighted by atomic mass is 10.1. The van der Waals surface area contributed by atoms with Crippen molar-refractivity contribution in [1.29, 1.82) is 0 Å². The van der Waals surface area contributed by atoms with Crippen molar-refractivity contribution < 1.29 is 19.1 Å². The van der Waals surface area contributed by atoms with E-state index in [4.69, 9.17) is 9.47 Å². The molecule has 0 radical (unpaired) electrons. The number of hydrogen-bond donors (Lipinski definition) is 1.